The van der Waals surface area contributed by atoms with Crippen molar-refractivity contribution in [1.29, 1.82) is 0 Å². The van der Waals surface area contributed by atoms with Crippen molar-refractivity contribution in [2.45, 2.75) is 51.7 Å². The monoisotopic (exact) mass is 307 g/mol. The molecule has 1 amide bonds. The van der Waals surface area contributed by atoms with Crippen LogP contribution < -0.4 is 5.32 Å². The number of ether oxygens (including phenoxy) is 1. The number of carbonyl (C=O) groups is 1. The summed E-state index contributed by atoms with van der Waals surface area (Å²) in [6.45, 7) is 6.86. The van der Waals surface area contributed by atoms with Gasteiger partial charge in [0.25, 0.3) is 0 Å². The van der Waals surface area contributed by atoms with Gasteiger partial charge in [-0.1, -0.05) is 0 Å². The second kappa shape index (κ2) is 6.85. The summed E-state index contributed by atoms with van der Waals surface area (Å²) in [6, 6.07) is 3.31. The first kappa shape index (κ1) is 16.4. The number of aromatic nitrogens is 1. The predicted octanol–water partition coefficient (Wildman–Crippen LogP) is 2.99. The van der Waals surface area contributed by atoms with Crippen molar-refractivity contribution in [3.05, 3.63) is 18.3 Å². The zero-order valence-corrected chi connectivity index (χ0v) is 13.5. The second-order valence-electron chi connectivity index (χ2n) is 6.58. The largest absolute Gasteiger partial charge is 0.504 e. The fraction of sp³-hybridized carbons (Fsp3) is 0.625. The van der Waals surface area contributed by atoms with Gasteiger partial charge >= 0.3 is 6.09 Å². The molecule has 2 heterocycles. The molecule has 6 nitrogen and oxygen atoms in total. The van der Waals surface area contributed by atoms with Gasteiger partial charge in [-0.15, -0.1) is 0 Å². The number of nitrogens with zero attached hydrogens (tertiary/aromatic N) is 2. The lowest BCUT2D eigenvalue weighted by Crippen LogP contribution is -2.48. The first-order valence-corrected chi connectivity index (χ1v) is 7.74. The number of amides is 1. The molecule has 1 aliphatic heterocycles. The SMILES string of the molecule is CC(C)(C)OC(=O)N1CCCC[C@@H]1CNc1ncccc1O. The minimum Gasteiger partial charge on any atom is -0.504 e. The number of rotatable bonds is 3. The Bertz CT molecular complexity index is 514. The molecule has 1 fully saturated rings. The minimum atomic E-state index is -0.494. The van der Waals surface area contributed by atoms with Crippen molar-refractivity contribution < 1.29 is 14.6 Å². The Kier molecular flexibility index (Phi) is 5.11. The molecule has 1 aromatic heterocycles. The fourth-order valence-corrected chi connectivity index (χ4v) is 2.52. The number of hydrogen-bond acceptors (Lipinski definition) is 5. The van der Waals surface area contributed by atoms with Crippen molar-refractivity contribution >= 4 is 11.9 Å². The van der Waals surface area contributed by atoms with Gasteiger partial charge in [-0.3, -0.25) is 0 Å². The summed E-state index contributed by atoms with van der Waals surface area (Å²) in [4.78, 5) is 18.2. The molecule has 0 spiro atoms. The molecule has 2 rings (SSSR count). The van der Waals surface area contributed by atoms with Gasteiger partial charge in [-0.2, -0.15) is 0 Å². The smallest absolute Gasteiger partial charge is 0.410 e. The van der Waals surface area contributed by atoms with Gasteiger partial charge in [-0.05, 0) is 52.2 Å². The third-order valence-electron chi connectivity index (χ3n) is 3.55. The zero-order valence-electron chi connectivity index (χ0n) is 13.5. The molecule has 2 N–H and O–H groups in total. The average Bonchev–Trinajstić information content (AvgIpc) is 2.45. The van der Waals surface area contributed by atoms with E-state index in [1.165, 1.54) is 0 Å². The summed E-state index contributed by atoms with van der Waals surface area (Å²) in [5.74, 6) is 0.555. The number of aromatic hydroxyl groups is 1. The molecule has 122 valence electrons. The molecule has 0 aromatic carbocycles. The lowest BCUT2D eigenvalue weighted by atomic mass is 10.0. The van der Waals surface area contributed by atoms with E-state index in [9.17, 15) is 9.90 Å². The van der Waals surface area contributed by atoms with Crippen molar-refractivity contribution in [1.82, 2.24) is 9.88 Å². The summed E-state index contributed by atoms with van der Waals surface area (Å²) in [5.41, 5.74) is -0.494. The van der Waals surface area contributed by atoms with E-state index >= 15 is 0 Å². The molecular weight excluding hydrogens is 282 g/mol. The van der Waals surface area contributed by atoms with Crippen LogP contribution in [0.1, 0.15) is 40.0 Å². The van der Waals surface area contributed by atoms with Crippen molar-refractivity contribution in [2.75, 3.05) is 18.4 Å². The van der Waals surface area contributed by atoms with E-state index in [1.807, 2.05) is 20.8 Å². The third-order valence-corrected chi connectivity index (χ3v) is 3.55. The normalized spacial score (nSPS) is 18.9. The van der Waals surface area contributed by atoms with Crippen LogP contribution in [0.25, 0.3) is 0 Å². The highest BCUT2D eigenvalue weighted by molar-refractivity contribution is 5.68. The highest BCUT2D eigenvalue weighted by Gasteiger charge is 2.30. The van der Waals surface area contributed by atoms with Gasteiger partial charge in [0.05, 0.1) is 6.04 Å². The third kappa shape index (κ3) is 4.51. The molecule has 22 heavy (non-hydrogen) atoms. The molecule has 1 aliphatic rings. The van der Waals surface area contributed by atoms with Crippen LogP contribution in [0.15, 0.2) is 18.3 Å². The summed E-state index contributed by atoms with van der Waals surface area (Å²) in [6.07, 6.45) is 4.34. The Balaban J connectivity index is 1.98. The number of anilines is 1. The predicted molar refractivity (Wildman–Crippen MR) is 85.0 cm³/mol. The highest BCUT2D eigenvalue weighted by atomic mass is 16.6. The molecule has 0 bridgehead atoms. The van der Waals surface area contributed by atoms with Crippen LogP contribution in [0, 0.1) is 0 Å². The molecule has 6 heteroatoms. The molecular formula is C16H25N3O3. The fourth-order valence-electron chi connectivity index (χ4n) is 2.52. The highest BCUT2D eigenvalue weighted by Crippen LogP contribution is 2.23. The maximum atomic E-state index is 12.3. The van der Waals surface area contributed by atoms with E-state index in [2.05, 4.69) is 10.3 Å². The number of likely N-dealkylation sites (tertiary alicyclic amines) is 1. The van der Waals surface area contributed by atoms with Crippen molar-refractivity contribution in [2.24, 2.45) is 0 Å². The first-order valence-electron chi connectivity index (χ1n) is 7.74. The topological polar surface area (TPSA) is 74.7 Å². The standard InChI is InChI=1S/C16H25N3O3/c1-16(2,3)22-15(21)19-10-5-4-7-12(19)11-18-14-13(20)8-6-9-17-14/h6,8-9,12,20H,4-5,7,10-11H2,1-3H3,(H,17,18)/t12-/m1/s1. The summed E-state index contributed by atoms with van der Waals surface area (Å²) < 4.78 is 5.48. The summed E-state index contributed by atoms with van der Waals surface area (Å²) in [7, 11) is 0. The molecule has 0 saturated carbocycles. The molecule has 1 saturated heterocycles. The summed E-state index contributed by atoms with van der Waals surface area (Å²) >= 11 is 0. The Morgan fingerprint density at radius 3 is 2.95 bits per heavy atom. The quantitative estimate of drug-likeness (QED) is 0.898. The second-order valence-corrected chi connectivity index (χ2v) is 6.58. The van der Waals surface area contributed by atoms with Gasteiger partial charge in [0.15, 0.2) is 11.6 Å². The Hall–Kier alpha value is -1.98. The number of pyridine rings is 1. The maximum absolute atomic E-state index is 12.3. The van der Waals surface area contributed by atoms with E-state index in [0.29, 0.717) is 18.9 Å². The Labute approximate surface area is 131 Å². The maximum Gasteiger partial charge on any atom is 0.410 e. The molecule has 1 aromatic rings. The van der Waals surface area contributed by atoms with Gasteiger partial charge in [0.1, 0.15) is 5.60 Å². The van der Waals surface area contributed by atoms with E-state index in [4.69, 9.17) is 4.74 Å². The van der Waals surface area contributed by atoms with Crippen molar-refractivity contribution in [3.8, 4) is 5.75 Å². The number of carbonyl (C=O) groups excluding carboxylic acids is 1. The van der Waals surface area contributed by atoms with Crippen LogP contribution in [0.4, 0.5) is 10.6 Å². The van der Waals surface area contributed by atoms with E-state index < -0.39 is 5.60 Å². The lowest BCUT2D eigenvalue weighted by molar-refractivity contribution is 0.0114. The van der Waals surface area contributed by atoms with Gasteiger partial charge in [0, 0.05) is 19.3 Å². The van der Waals surface area contributed by atoms with Crippen LogP contribution in [0.2, 0.25) is 0 Å². The van der Waals surface area contributed by atoms with Crippen LogP contribution >= 0.6 is 0 Å². The van der Waals surface area contributed by atoms with Crippen LogP contribution in [-0.4, -0.2) is 45.8 Å². The Morgan fingerprint density at radius 1 is 1.50 bits per heavy atom. The molecule has 0 unspecified atom stereocenters. The minimum absolute atomic E-state index is 0.0463. The van der Waals surface area contributed by atoms with Crippen LogP contribution in [0.5, 0.6) is 5.75 Å². The van der Waals surface area contributed by atoms with E-state index in [1.54, 1.807) is 23.2 Å². The number of hydrogen-bond donors (Lipinski definition) is 2. The van der Waals surface area contributed by atoms with Crippen LogP contribution in [0.3, 0.4) is 0 Å². The molecule has 1 atom stereocenters. The summed E-state index contributed by atoms with van der Waals surface area (Å²) in [5, 5.41) is 12.9. The lowest BCUT2D eigenvalue weighted by Gasteiger charge is -2.36. The Morgan fingerprint density at radius 2 is 2.27 bits per heavy atom. The van der Waals surface area contributed by atoms with Gasteiger partial charge in [-0.25, -0.2) is 9.78 Å². The molecule has 0 radical (unpaired) electrons. The number of nitrogens with one attached hydrogen (secondary N) is 1. The van der Waals surface area contributed by atoms with Gasteiger partial charge in [0.2, 0.25) is 0 Å². The first-order chi connectivity index (χ1) is 10.4. The zero-order chi connectivity index (χ0) is 16.2. The van der Waals surface area contributed by atoms with Gasteiger partial charge < -0.3 is 20.1 Å². The van der Waals surface area contributed by atoms with E-state index in [-0.39, 0.29) is 17.9 Å². The average molecular weight is 307 g/mol. The van der Waals surface area contributed by atoms with Crippen molar-refractivity contribution in [3.63, 3.8) is 0 Å². The molecule has 0 aliphatic carbocycles. The van der Waals surface area contributed by atoms with E-state index in [0.717, 1.165) is 19.3 Å². The van der Waals surface area contributed by atoms with Crippen LogP contribution in [-0.2, 0) is 4.74 Å². The number of piperidine rings is 1.